The number of aliphatic carboxylic acids is 1. The van der Waals surface area contributed by atoms with E-state index in [1.54, 1.807) is 0 Å². The number of carboxylic acids is 1. The largest absolute Gasteiger partial charge is 0.480 e. The van der Waals surface area contributed by atoms with E-state index in [1.807, 2.05) is 0 Å². The number of hydrogen-bond donors (Lipinski definition) is 4. The summed E-state index contributed by atoms with van der Waals surface area (Å²) in [5, 5.41) is 19.5. The third-order valence-electron chi connectivity index (χ3n) is 2.22. The van der Waals surface area contributed by atoms with Crippen LogP contribution in [0.2, 0.25) is 0 Å². The second-order valence-corrected chi connectivity index (χ2v) is 3.49. The Kier molecular flexibility index (Phi) is 4.39. The maximum atomic E-state index is 11.6. The van der Waals surface area contributed by atoms with E-state index in [4.69, 9.17) is 15.9 Å². The van der Waals surface area contributed by atoms with Gasteiger partial charge in [-0.15, -0.1) is 0 Å². The lowest BCUT2D eigenvalue weighted by molar-refractivity contribution is -0.140. The Balaban J connectivity index is 2.78. The van der Waals surface area contributed by atoms with Gasteiger partial charge >= 0.3 is 5.97 Å². The number of carboxylic acid groups (broad SMARTS) is 1. The molecule has 0 heterocycles. The molecule has 1 aromatic carbocycles. The molecule has 1 unspecified atom stereocenters. The summed E-state index contributed by atoms with van der Waals surface area (Å²) in [4.78, 5) is 33.0. The van der Waals surface area contributed by atoms with Crippen molar-refractivity contribution in [3.05, 3.63) is 35.4 Å². The molecule has 1 aromatic rings. The fourth-order valence-electron chi connectivity index (χ4n) is 1.21. The molecule has 0 aliphatic rings. The minimum atomic E-state index is -1.37. The summed E-state index contributed by atoms with van der Waals surface area (Å²) in [7, 11) is 0. The third kappa shape index (κ3) is 3.29. The van der Waals surface area contributed by atoms with Crippen LogP contribution in [0.15, 0.2) is 24.3 Å². The lowest BCUT2D eigenvalue weighted by Crippen LogP contribution is -2.43. The van der Waals surface area contributed by atoms with Gasteiger partial charge in [-0.25, -0.2) is 4.79 Å². The molecule has 0 aromatic heterocycles. The Labute approximate surface area is 102 Å². The molecule has 0 saturated heterocycles. The number of nitrogens with one attached hydrogen (secondary N) is 1. The van der Waals surface area contributed by atoms with Gasteiger partial charge in [-0.2, -0.15) is 0 Å². The minimum Gasteiger partial charge on any atom is -0.480 e. The van der Waals surface area contributed by atoms with E-state index in [0.717, 1.165) is 0 Å². The van der Waals surface area contributed by atoms with Gasteiger partial charge in [0.2, 0.25) is 5.91 Å². The number of aliphatic hydroxyl groups is 1. The maximum Gasteiger partial charge on any atom is 0.328 e. The van der Waals surface area contributed by atoms with Gasteiger partial charge in [0.05, 0.1) is 6.61 Å². The van der Waals surface area contributed by atoms with Crippen molar-refractivity contribution in [3.63, 3.8) is 0 Å². The van der Waals surface area contributed by atoms with E-state index < -0.39 is 30.4 Å². The fourth-order valence-corrected chi connectivity index (χ4v) is 1.21. The molecule has 1 rings (SSSR count). The van der Waals surface area contributed by atoms with Crippen LogP contribution < -0.4 is 11.1 Å². The summed E-state index contributed by atoms with van der Waals surface area (Å²) in [6, 6.07) is 4.02. The molecule has 18 heavy (non-hydrogen) atoms. The van der Waals surface area contributed by atoms with E-state index in [2.05, 4.69) is 5.32 Å². The SMILES string of the molecule is NC(=O)c1ccc(C(=O)NC(CO)C(=O)O)cc1. The number of aliphatic hydroxyl groups excluding tert-OH is 1. The molecule has 0 fully saturated rings. The van der Waals surface area contributed by atoms with E-state index >= 15 is 0 Å². The third-order valence-corrected chi connectivity index (χ3v) is 2.22. The van der Waals surface area contributed by atoms with Gasteiger partial charge in [0, 0.05) is 11.1 Å². The first-order valence-corrected chi connectivity index (χ1v) is 5.00. The molecule has 0 aliphatic heterocycles. The molecular formula is C11H12N2O5. The Morgan fingerprint density at radius 2 is 1.67 bits per heavy atom. The van der Waals surface area contributed by atoms with Crippen LogP contribution in [0.1, 0.15) is 20.7 Å². The summed E-state index contributed by atoms with van der Waals surface area (Å²) in [5.41, 5.74) is 5.44. The number of carbonyl (C=O) groups is 3. The minimum absolute atomic E-state index is 0.166. The van der Waals surface area contributed by atoms with Crippen molar-refractivity contribution in [2.75, 3.05) is 6.61 Å². The second kappa shape index (κ2) is 5.78. The van der Waals surface area contributed by atoms with Crippen molar-refractivity contribution in [3.8, 4) is 0 Å². The Bertz CT molecular complexity index is 469. The highest BCUT2D eigenvalue weighted by Gasteiger charge is 2.19. The van der Waals surface area contributed by atoms with E-state index in [9.17, 15) is 14.4 Å². The van der Waals surface area contributed by atoms with E-state index in [-0.39, 0.29) is 11.1 Å². The van der Waals surface area contributed by atoms with Crippen LogP contribution in [0.25, 0.3) is 0 Å². The summed E-state index contributed by atoms with van der Waals surface area (Å²) >= 11 is 0. The molecule has 0 radical (unpaired) electrons. The van der Waals surface area contributed by atoms with Gasteiger partial charge in [-0.1, -0.05) is 0 Å². The average molecular weight is 252 g/mol. The van der Waals surface area contributed by atoms with Gasteiger partial charge in [0.15, 0.2) is 6.04 Å². The zero-order valence-corrected chi connectivity index (χ0v) is 9.29. The van der Waals surface area contributed by atoms with Crippen LogP contribution in [-0.4, -0.2) is 40.6 Å². The van der Waals surface area contributed by atoms with Crippen molar-refractivity contribution in [1.29, 1.82) is 0 Å². The molecule has 96 valence electrons. The van der Waals surface area contributed by atoms with Crippen molar-refractivity contribution in [2.45, 2.75) is 6.04 Å². The normalized spacial score (nSPS) is 11.6. The zero-order valence-electron chi connectivity index (χ0n) is 9.29. The van der Waals surface area contributed by atoms with Crippen LogP contribution >= 0.6 is 0 Å². The molecule has 7 heteroatoms. The molecule has 5 N–H and O–H groups in total. The topological polar surface area (TPSA) is 130 Å². The monoisotopic (exact) mass is 252 g/mol. The number of carbonyl (C=O) groups excluding carboxylic acids is 2. The molecule has 0 saturated carbocycles. The number of amides is 2. The molecule has 0 aliphatic carbocycles. The van der Waals surface area contributed by atoms with Gasteiger partial charge in [-0.3, -0.25) is 9.59 Å². The summed E-state index contributed by atoms with van der Waals surface area (Å²) in [6.07, 6.45) is 0. The zero-order chi connectivity index (χ0) is 13.7. The van der Waals surface area contributed by atoms with E-state index in [1.165, 1.54) is 24.3 Å². The molecule has 1 atom stereocenters. The molecule has 7 nitrogen and oxygen atoms in total. The van der Waals surface area contributed by atoms with Crippen LogP contribution in [0.3, 0.4) is 0 Å². The van der Waals surface area contributed by atoms with Crippen LogP contribution in [0.4, 0.5) is 0 Å². The second-order valence-electron chi connectivity index (χ2n) is 3.49. The summed E-state index contributed by atoms with van der Waals surface area (Å²) < 4.78 is 0. The number of rotatable bonds is 5. The lowest BCUT2D eigenvalue weighted by Gasteiger charge is -2.11. The first kappa shape index (κ1) is 13.7. The van der Waals surface area contributed by atoms with Gasteiger partial charge < -0.3 is 21.3 Å². The van der Waals surface area contributed by atoms with Crippen molar-refractivity contribution < 1.29 is 24.6 Å². The first-order chi connectivity index (χ1) is 8.45. The fraction of sp³-hybridized carbons (Fsp3) is 0.182. The number of hydrogen-bond acceptors (Lipinski definition) is 4. The Morgan fingerprint density at radius 1 is 1.17 bits per heavy atom. The summed E-state index contributed by atoms with van der Waals surface area (Å²) in [5.74, 6) is -2.62. The van der Waals surface area contributed by atoms with Crippen molar-refractivity contribution in [2.24, 2.45) is 5.73 Å². The number of benzene rings is 1. The molecule has 0 bridgehead atoms. The number of nitrogens with two attached hydrogens (primary N) is 1. The molecule has 0 spiro atoms. The quantitative estimate of drug-likeness (QED) is 0.532. The van der Waals surface area contributed by atoms with Crippen LogP contribution in [-0.2, 0) is 4.79 Å². The highest BCUT2D eigenvalue weighted by Crippen LogP contribution is 2.04. The predicted octanol–water partition coefficient (Wildman–Crippen LogP) is -1.04. The smallest absolute Gasteiger partial charge is 0.328 e. The average Bonchev–Trinajstić information content (AvgIpc) is 2.35. The van der Waals surface area contributed by atoms with Crippen LogP contribution in [0, 0.1) is 0 Å². The van der Waals surface area contributed by atoms with Gasteiger partial charge in [0.25, 0.3) is 5.91 Å². The van der Waals surface area contributed by atoms with Gasteiger partial charge in [-0.05, 0) is 24.3 Å². The highest BCUT2D eigenvalue weighted by molar-refractivity contribution is 5.98. The first-order valence-electron chi connectivity index (χ1n) is 5.00. The molecule has 2 amide bonds. The standard InChI is InChI=1S/C11H12N2O5/c12-9(15)6-1-3-7(4-2-6)10(16)13-8(5-14)11(17)18/h1-4,8,14H,5H2,(H2,12,15)(H,13,16)(H,17,18). The van der Waals surface area contributed by atoms with Crippen LogP contribution in [0.5, 0.6) is 0 Å². The predicted molar refractivity (Wildman–Crippen MR) is 60.9 cm³/mol. The molecular weight excluding hydrogens is 240 g/mol. The van der Waals surface area contributed by atoms with Crippen molar-refractivity contribution in [1.82, 2.24) is 5.32 Å². The lowest BCUT2D eigenvalue weighted by atomic mass is 10.1. The number of primary amides is 1. The maximum absolute atomic E-state index is 11.6. The summed E-state index contributed by atoms with van der Waals surface area (Å²) in [6.45, 7) is -0.708. The van der Waals surface area contributed by atoms with Gasteiger partial charge in [0.1, 0.15) is 0 Å². The van der Waals surface area contributed by atoms with E-state index in [0.29, 0.717) is 0 Å². The Morgan fingerprint density at radius 3 is 2.06 bits per heavy atom. The highest BCUT2D eigenvalue weighted by atomic mass is 16.4. The Hall–Kier alpha value is -2.41. The van der Waals surface area contributed by atoms with Crippen molar-refractivity contribution >= 4 is 17.8 Å².